The summed E-state index contributed by atoms with van der Waals surface area (Å²) < 4.78 is 52.3. The van der Waals surface area contributed by atoms with Crippen LogP contribution in [0.15, 0.2) is 41.3 Å². The van der Waals surface area contributed by atoms with Crippen molar-refractivity contribution in [3.63, 3.8) is 0 Å². The van der Waals surface area contributed by atoms with E-state index in [1.807, 2.05) is 0 Å². The van der Waals surface area contributed by atoms with Crippen molar-refractivity contribution in [2.45, 2.75) is 18.4 Å². The van der Waals surface area contributed by atoms with Gasteiger partial charge in [0.15, 0.2) is 11.6 Å². The molecule has 0 fully saturated rings. The third-order valence-electron chi connectivity index (χ3n) is 2.90. The SMILES string of the molecule is Cc1ccc(S(=O)(=O)NCc2ccc(F)c(F)c2)cc1Cl. The van der Waals surface area contributed by atoms with Crippen LogP contribution < -0.4 is 4.72 Å². The maximum Gasteiger partial charge on any atom is 0.240 e. The lowest BCUT2D eigenvalue weighted by atomic mass is 10.2. The summed E-state index contributed by atoms with van der Waals surface area (Å²) in [6.07, 6.45) is 0. The van der Waals surface area contributed by atoms with Gasteiger partial charge < -0.3 is 0 Å². The van der Waals surface area contributed by atoms with E-state index < -0.39 is 21.7 Å². The summed E-state index contributed by atoms with van der Waals surface area (Å²) in [6.45, 7) is 1.61. The van der Waals surface area contributed by atoms with Gasteiger partial charge >= 0.3 is 0 Å². The molecule has 0 radical (unpaired) electrons. The topological polar surface area (TPSA) is 46.2 Å². The summed E-state index contributed by atoms with van der Waals surface area (Å²) in [6, 6.07) is 7.55. The van der Waals surface area contributed by atoms with Crippen molar-refractivity contribution in [3.05, 3.63) is 64.2 Å². The van der Waals surface area contributed by atoms with Gasteiger partial charge in [0.1, 0.15) is 0 Å². The van der Waals surface area contributed by atoms with Crippen LogP contribution in [0.1, 0.15) is 11.1 Å². The van der Waals surface area contributed by atoms with E-state index in [0.717, 1.165) is 17.7 Å². The molecule has 0 amide bonds. The Labute approximate surface area is 126 Å². The largest absolute Gasteiger partial charge is 0.240 e. The maximum absolute atomic E-state index is 13.0. The Bertz CT molecular complexity index is 779. The molecule has 3 nitrogen and oxygen atoms in total. The Morgan fingerprint density at radius 1 is 1.10 bits per heavy atom. The molecule has 112 valence electrons. The molecule has 21 heavy (non-hydrogen) atoms. The number of hydrogen-bond acceptors (Lipinski definition) is 2. The average Bonchev–Trinajstić information content (AvgIpc) is 2.43. The van der Waals surface area contributed by atoms with E-state index >= 15 is 0 Å². The van der Waals surface area contributed by atoms with Crippen LogP contribution in [-0.2, 0) is 16.6 Å². The van der Waals surface area contributed by atoms with Crippen LogP contribution in [-0.4, -0.2) is 8.42 Å². The minimum absolute atomic E-state index is 0.0145. The molecule has 7 heteroatoms. The summed E-state index contributed by atoms with van der Waals surface area (Å²) >= 11 is 5.89. The van der Waals surface area contributed by atoms with E-state index in [1.54, 1.807) is 13.0 Å². The molecule has 0 saturated carbocycles. The van der Waals surface area contributed by atoms with E-state index in [2.05, 4.69) is 4.72 Å². The van der Waals surface area contributed by atoms with E-state index in [9.17, 15) is 17.2 Å². The number of aryl methyl sites for hydroxylation is 1. The lowest BCUT2D eigenvalue weighted by Crippen LogP contribution is -2.23. The molecule has 2 rings (SSSR count). The second-order valence-electron chi connectivity index (χ2n) is 4.48. The predicted octanol–water partition coefficient (Wildman–Crippen LogP) is 3.41. The number of hydrogen-bond donors (Lipinski definition) is 1. The molecular formula is C14H12ClF2NO2S. The fourth-order valence-electron chi connectivity index (χ4n) is 1.65. The Morgan fingerprint density at radius 2 is 1.81 bits per heavy atom. The Balaban J connectivity index is 2.17. The quantitative estimate of drug-likeness (QED) is 0.933. The molecule has 0 saturated heterocycles. The molecule has 0 atom stereocenters. The predicted molar refractivity (Wildman–Crippen MR) is 76.6 cm³/mol. The molecule has 1 N–H and O–H groups in total. The van der Waals surface area contributed by atoms with Gasteiger partial charge in [-0.3, -0.25) is 0 Å². The molecule has 0 aliphatic rings. The van der Waals surface area contributed by atoms with Crippen LogP contribution >= 0.6 is 11.6 Å². The lowest BCUT2D eigenvalue weighted by Gasteiger charge is -2.08. The fourth-order valence-corrected chi connectivity index (χ4v) is 2.94. The Hall–Kier alpha value is -1.50. The summed E-state index contributed by atoms with van der Waals surface area (Å²) in [5.41, 5.74) is 1.08. The molecule has 2 aromatic rings. The van der Waals surface area contributed by atoms with Crippen LogP contribution in [0.5, 0.6) is 0 Å². The second-order valence-corrected chi connectivity index (χ2v) is 6.66. The highest BCUT2D eigenvalue weighted by Crippen LogP contribution is 2.20. The number of nitrogens with one attached hydrogen (secondary N) is 1. The number of sulfonamides is 1. The highest BCUT2D eigenvalue weighted by Gasteiger charge is 2.15. The molecule has 0 aliphatic carbocycles. The molecule has 0 aliphatic heterocycles. The normalized spacial score (nSPS) is 11.6. The first-order valence-electron chi connectivity index (χ1n) is 5.99. The molecular weight excluding hydrogens is 320 g/mol. The average molecular weight is 332 g/mol. The van der Waals surface area contributed by atoms with Crippen molar-refractivity contribution in [2.24, 2.45) is 0 Å². The van der Waals surface area contributed by atoms with E-state index in [-0.39, 0.29) is 11.4 Å². The van der Waals surface area contributed by atoms with Crippen molar-refractivity contribution in [1.29, 1.82) is 0 Å². The third-order valence-corrected chi connectivity index (χ3v) is 4.71. The van der Waals surface area contributed by atoms with Crippen molar-refractivity contribution in [2.75, 3.05) is 0 Å². The standard InChI is InChI=1S/C14H12ClF2NO2S/c1-9-2-4-11(7-12(9)15)21(19,20)18-8-10-3-5-13(16)14(17)6-10/h2-7,18H,8H2,1H3. The lowest BCUT2D eigenvalue weighted by molar-refractivity contribution is 0.506. The molecule has 0 aromatic heterocycles. The fraction of sp³-hybridized carbons (Fsp3) is 0.143. The number of halogens is 3. The smallest absolute Gasteiger partial charge is 0.207 e. The summed E-state index contributed by atoms with van der Waals surface area (Å²) in [5.74, 6) is -2.00. The van der Waals surface area contributed by atoms with Crippen LogP contribution in [0.3, 0.4) is 0 Å². The number of benzene rings is 2. The molecule has 2 aromatic carbocycles. The van der Waals surface area contributed by atoms with Crippen molar-refractivity contribution in [1.82, 2.24) is 4.72 Å². The summed E-state index contributed by atoms with van der Waals surface area (Å²) in [7, 11) is -3.77. The van der Waals surface area contributed by atoms with Gasteiger partial charge in [-0.15, -0.1) is 0 Å². The zero-order valence-corrected chi connectivity index (χ0v) is 12.6. The van der Waals surface area contributed by atoms with Crippen LogP contribution in [0.25, 0.3) is 0 Å². The van der Waals surface area contributed by atoms with Crippen LogP contribution in [0.2, 0.25) is 5.02 Å². The zero-order valence-electron chi connectivity index (χ0n) is 11.0. The van der Waals surface area contributed by atoms with Gasteiger partial charge in [-0.25, -0.2) is 21.9 Å². The third kappa shape index (κ3) is 3.78. The minimum atomic E-state index is -3.77. The van der Waals surface area contributed by atoms with Gasteiger partial charge in [0.2, 0.25) is 10.0 Å². The van der Waals surface area contributed by atoms with Crippen molar-refractivity contribution < 1.29 is 17.2 Å². The molecule has 0 spiro atoms. The number of rotatable bonds is 4. The van der Waals surface area contributed by atoms with Gasteiger partial charge in [0, 0.05) is 11.6 Å². The monoisotopic (exact) mass is 331 g/mol. The van der Waals surface area contributed by atoms with Gasteiger partial charge in [-0.1, -0.05) is 23.7 Å². The van der Waals surface area contributed by atoms with Gasteiger partial charge in [-0.05, 0) is 42.3 Å². The second kappa shape index (κ2) is 6.09. The minimum Gasteiger partial charge on any atom is -0.207 e. The molecule has 0 heterocycles. The Morgan fingerprint density at radius 3 is 2.43 bits per heavy atom. The van der Waals surface area contributed by atoms with Crippen molar-refractivity contribution in [3.8, 4) is 0 Å². The molecule has 0 unspecified atom stereocenters. The molecule has 0 bridgehead atoms. The van der Waals surface area contributed by atoms with Gasteiger partial charge in [-0.2, -0.15) is 0 Å². The highest BCUT2D eigenvalue weighted by molar-refractivity contribution is 7.89. The van der Waals surface area contributed by atoms with E-state index in [4.69, 9.17) is 11.6 Å². The van der Waals surface area contributed by atoms with Crippen molar-refractivity contribution >= 4 is 21.6 Å². The first-order chi connectivity index (χ1) is 9.79. The summed E-state index contributed by atoms with van der Waals surface area (Å²) in [4.78, 5) is 0.0145. The van der Waals surface area contributed by atoms with Gasteiger partial charge in [0.25, 0.3) is 0 Å². The van der Waals surface area contributed by atoms with E-state index in [1.165, 1.54) is 18.2 Å². The van der Waals surface area contributed by atoms with Crippen LogP contribution in [0.4, 0.5) is 8.78 Å². The summed E-state index contributed by atoms with van der Waals surface area (Å²) in [5, 5.41) is 0.339. The highest BCUT2D eigenvalue weighted by atomic mass is 35.5. The first-order valence-corrected chi connectivity index (χ1v) is 7.85. The van der Waals surface area contributed by atoms with E-state index in [0.29, 0.717) is 10.6 Å². The van der Waals surface area contributed by atoms with Crippen LogP contribution in [0, 0.1) is 18.6 Å². The first kappa shape index (κ1) is 15.9. The maximum atomic E-state index is 13.0. The van der Waals surface area contributed by atoms with Gasteiger partial charge in [0.05, 0.1) is 4.90 Å². The zero-order chi connectivity index (χ0) is 15.6. The Kier molecular flexibility index (Phi) is 4.61.